The molecular formula is C15H22N2O. The number of nitrogens with zero attached hydrogens (tertiary/aromatic N) is 1. The Morgan fingerprint density at radius 2 is 1.89 bits per heavy atom. The summed E-state index contributed by atoms with van der Waals surface area (Å²) in [5.41, 5.74) is 7.37. The fourth-order valence-electron chi connectivity index (χ4n) is 3.38. The van der Waals surface area contributed by atoms with E-state index in [-0.39, 0.29) is 0 Å². The lowest BCUT2D eigenvalue weighted by Crippen LogP contribution is -2.55. The van der Waals surface area contributed by atoms with Gasteiger partial charge in [0, 0.05) is 25.0 Å². The highest BCUT2D eigenvalue weighted by Gasteiger charge is 2.45. The summed E-state index contributed by atoms with van der Waals surface area (Å²) in [6.45, 7) is 3.57. The lowest BCUT2D eigenvalue weighted by atomic mass is 9.78. The Morgan fingerprint density at radius 1 is 1.17 bits per heavy atom. The SMILES string of the molecule is NCCOc1ccccc1N1CC2(CCCC2)C1. The van der Waals surface area contributed by atoms with Crippen LogP contribution in [-0.2, 0) is 0 Å². The zero-order valence-electron chi connectivity index (χ0n) is 10.9. The van der Waals surface area contributed by atoms with Crippen LogP contribution < -0.4 is 15.4 Å². The summed E-state index contributed by atoms with van der Waals surface area (Å²) in [6, 6.07) is 8.32. The minimum atomic E-state index is 0.568. The van der Waals surface area contributed by atoms with E-state index in [1.165, 1.54) is 44.5 Å². The molecule has 0 bridgehead atoms. The molecule has 1 saturated carbocycles. The topological polar surface area (TPSA) is 38.5 Å². The van der Waals surface area contributed by atoms with Gasteiger partial charge in [-0.25, -0.2) is 0 Å². The summed E-state index contributed by atoms with van der Waals surface area (Å²) in [4.78, 5) is 2.46. The van der Waals surface area contributed by atoms with E-state index in [4.69, 9.17) is 10.5 Å². The molecule has 0 radical (unpaired) electrons. The third-order valence-electron chi connectivity index (χ3n) is 4.30. The number of anilines is 1. The lowest BCUT2D eigenvalue weighted by molar-refractivity contribution is 0.219. The van der Waals surface area contributed by atoms with E-state index in [9.17, 15) is 0 Å². The van der Waals surface area contributed by atoms with Crippen LogP contribution in [0.15, 0.2) is 24.3 Å². The zero-order valence-corrected chi connectivity index (χ0v) is 10.9. The quantitative estimate of drug-likeness (QED) is 0.886. The maximum absolute atomic E-state index is 5.73. The van der Waals surface area contributed by atoms with Crippen LogP contribution in [-0.4, -0.2) is 26.2 Å². The predicted octanol–water partition coefficient (Wildman–Crippen LogP) is 2.40. The highest BCUT2D eigenvalue weighted by Crippen LogP contribution is 2.48. The Bertz CT molecular complexity index is 405. The molecule has 2 fully saturated rings. The van der Waals surface area contributed by atoms with Crippen molar-refractivity contribution in [3.8, 4) is 5.75 Å². The van der Waals surface area contributed by atoms with Gasteiger partial charge in [0.2, 0.25) is 0 Å². The molecule has 1 heterocycles. The minimum absolute atomic E-state index is 0.568. The van der Waals surface area contributed by atoms with E-state index in [2.05, 4.69) is 17.0 Å². The molecule has 1 aromatic carbocycles. The standard InChI is InChI=1S/C15H22N2O/c16-9-10-18-14-6-2-1-5-13(14)17-11-15(12-17)7-3-4-8-15/h1-2,5-6H,3-4,7-12,16H2. The number of ether oxygens (including phenoxy) is 1. The average molecular weight is 246 g/mol. The van der Waals surface area contributed by atoms with Crippen molar-refractivity contribution >= 4 is 5.69 Å². The summed E-state index contributed by atoms with van der Waals surface area (Å²) < 4.78 is 5.73. The van der Waals surface area contributed by atoms with E-state index < -0.39 is 0 Å². The predicted molar refractivity (Wildman–Crippen MR) is 74.1 cm³/mol. The molecule has 1 aliphatic carbocycles. The third kappa shape index (κ3) is 2.07. The first-order chi connectivity index (χ1) is 8.83. The Kier molecular flexibility index (Phi) is 3.16. The van der Waals surface area contributed by atoms with Crippen molar-refractivity contribution in [1.82, 2.24) is 0 Å². The normalized spacial score (nSPS) is 21.1. The second-order valence-electron chi connectivity index (χ2n) is 5.67. The van der Waals surface area contributed by atoms with Crippen molar-refractivity contribution in [1.29, 1.82) is 0 Å². The second-order valence-corrected chi connectivity index (χ2v) is 5.67. The van der Waals surface area contributed by atoms with Crippen molar-refractivity contribution in [2.24, 2.45) is 11.1 Å². The first kappa shape index (κ1) is 11.8. The molecule has 3 nitrogen and oxygen atoms in total. The van der Waals surface area contributed by atoms with Gasteiger partial charge in [0.05, 0.1) is 5.69 Å². The van der Waals surface area contributed by atoms with Gasteiger partial charge in [-0.3, -0.25) is 0 Å². The van der Waals surface area contributed by atoms with Gasteiger partial charge in [0.15, 0.2) is 0 Å². The van der Waals surface area contributed by atoms with Crippen LogP contribution in [0.5, 0.6) is 5.75 Å². The number of benzene rings is 1. The van der Waals surface area contributed by atoms with Crippen molar-refractivity contribution in [2.45, 2.75) is 25.7 Å². The first-order valence-electron chi connectivity index (χ1n) is 7.00. The summed E-state index contributed by atoms with van der Waals surface area (Å²) in [6.07, 6.45) is 5.66. The minimum Gasteiger partial charge on any atom is -0.490 e. The van der Waals surface area contributed by atoms with Crippen LogP contribution in [0.4, 0.5) is 5.69 Å². The first-order valence-corrected chi connectivity index (χ1v) is 7.00. The van der Waals surface area contributed by atoms with Crippen LogP contribution in [0.1, 0.15) is 25.7 Å². The number of rotatable bonds is 4. The Hall–Kier alpha value is -1.22. The molecule has 1 saturated heterocycles. The van der Waals surface area contributed by atoms with E-state index in [1.807, 2.05) is 12.1 Å². The molecule has 0 aromatic heterocycles. The number of nitrogens with two attached hydrogens (primary N) is 1. The van der Waals surface area contributed by atoms with Crippen LogP contribution in [0.25, 0.3) is 0 Å². The molecule has 0 amide bonds. The Morgan fingerprint density at radius 3 is 2.61 bits per heavy atom. The van der Waals surface area contributed by atoms with E-state index in [1.54, 1.807) is 0 Å². The summed E-state index contributed by atoms with van der Waals surface area (Å²) in [5.74, 6) is 0.982. The van der Waals surface area contributed by atoms with Gasteiger partial charge < -0.3 is 15.4 Å². The highest BCUT2D eigenvalue weighted by molar-refractivity contribution is 5.60. The van der Waals surface area contributed by atoms with Crippen molar-refractivity contribution in [2.75, 3.05) is 31.1 Å². The van der Waals surface area contributed by atoms with Gasteiger partial charge in [-0.2, -0.15) is 0 Å². The molecule has 98 valence electrons. The monoisotopic (exact) mass is 246 g/mol. The second kappa shape index (κ2) is 4.81. The van der Waals surface area contributed by atoms with Gasteiger partial charge in [-0.15, -0.1) is 0 Å². The summed E-state index contributed by atoms with van der Waals surface area (Å²) in [5, 5.41) is 0. The molecule has 2 N–H and O–H groups in total. The summed E-state index contributed by atoms with van der Waals surface area (Å²) in [7, 11) is 0. The lowest BCUT2D eigenvalue weighted by Gasteiger charge is -2.50. The zero-order chi connectivity index (χ0) is 12.4. The molecule has 1 spiro atoms. The van der Waals surface area contributed by atoms with Crippen molar-refractivity contribution in [3.63, 3.8) is 0 Å². The van der Waals surface area contributed by atoms with E-state index in [0.29, 0.717) is 18.6 Å². The highest BCUT2D eigenvalue weighted by atomic mass is 16.5. The Balaban J connectivity index is 1.69. The van der Waals surface area contributed by atoms with Gasteiger partial charge in [0.1, 0.15) is 12.4 Å². The molecule has 2 aliphatic rings. The maximum Gasteiger partial charge on any atom is 0.142 e. The number of para-hydroxylation sites is 2. The third-order valence-corrected chi connectivity index (χ3v) is 4.30. The smallest absolute Gasteiger partial charge is 0.142 e. The molecule has 1 aromatic rings. The number of hydrogen-bond acceptors (Lipinski definition) is 3. The van der Waals surface area contributed by atoms with Gasteiger partial charge in [-0.05, 0) is 25.0 Å². The molecule has 3 heteroatoms. The fraction of sp³-hybridized carbons (Fsp3) is 0.600. The molecule has 18 heavy (non-hydrogen) atoms. The Labute approximate surface area is 109 Å². The van der Waals surface area contributed by atoms with E-state index in [0.717, 1.165) is 5.75 Å². The fourth-order valence-corrected chi connectivity index (χ4v) is 3.38. The summed E-state index contributed by atoms with van der Waals surface area (Å²) >= 11 is 0. The largest absolute Gasteiger partial charge is 0.490 e. The molecule has 0 atom stereocenters. The molecule has 1 aliphatic heterocycles. The van der Waals surface area contributed by atoms with Crippen LogP contribution in [0, 0.1) is 5.41 Å². The molecule has 3 rings (SSSR count). The van der Waals surface area contributed by atoms with Crippen molar-refractivity contribution < 1.29 is 4.74 Å². The van der Waals surface area contributed by atoms with Crippen molar-refractivity contribution in [3.05, 3.63) is 24.3 Å². The average Bonchev–Trinajstić information content (AvgIpc) is 2.84. The maximum atomic E-state index is 5.73. The molecular weight excluding hydrogens is 224 g/mol. The van der Waals surface area contributed by atoms with Crippen LogP contribution in [0.2, 0.25) is 0 Å². The van der Waals surface area contributed by atoms with Gasteiger partial charge in [0.25, 0.3) is 0 Å². The van der Waals surface area contributed by atoms with Crippen LogP contribution in [0.3, 0.4) is 0 Å². The van der Waals surface area contributed by atoms with Gasteiger partial charge in [-0.1, -0.05) is 25.0 Å². The van der Waals surface area contributed by atoms with Crippen LogP contribution >= 0.6 is 0 Å². The van der Waals surface area contributed by atoms with Gasteiger partial charge >= 0.3 is 0 Å². The number of hydrogen-bond donors (Lipinski definition) is 1. The van der Waals surface area contributed by atoms with E-state index >= 15 is 0 Å². The molecule has 0 unspecified atom stereocenters.